The summed E-state index contributed by atoms with van der Waals surface area (Å²) in [5.41, 5.74) is 0.358. The lowest BCUT2D eigenvalue weighted by atomic mass is 9.93. The molecule has 0 N–H and O–H groups in total. The van der Waals surface area contributed by atoms with Gasteiger partial charge in [-0.15, -0.1) is 0 Å². The summed E-state index contributed by atoms with van der Waals surface area (Å²) < 4.78 is 33.8. The summed E-state index contributed by atoms with van der Waals surface area (Å²) in [4.78, 5) is 20.0. The van der Waals surface area contributed by atoms with E-state index < -0.39 is 10.0 Å². The van der Waals surface area contributed by atoms with Crippen molar-refractivity contribution in [2.75, 3.05) is 18.0 Å². The van der Waals surface area contributed by atoms with Gasteiger partial charge in [0.05, 0.1) is 17.1 Å². The van der Waals surface area contributed by atoms with E-state index in [9.17, 15) is 13.2 Å². The summed E-state index contributed by atoms with van der Waals surface area (Å²) in [7, 11) is -3.73. The zero-order valence-corrected chi connectivity index (χ0v) is 19.5. The zero-order valence-electron chi connectivity index (χ0n) is 18.7. The number of aromatic nitrogens is 1. The second-order valence-electron chi connectivity index (χ2n) is 8.76. The van der Waals surface area contributed by atoms with E-state index in [4.69, 9.17) is 4.74 Å². The van der Waals surface area contributed by atoms with Crippen LogP contribution >= 0.6 is 0 Å². The molecule has 0 spiro atoms. The Balaban J connectivity index is 1.65. The van der Waals surface area contributed by atoms with Crippen molar-refractivity contribution in [3.8, 4) is 0 Å². The van der Waals surface area contributed by atoms with E-state index in [0.29, 0.717) is 24.5 Å². The summed E-state index contributed by atoms with van der Waals surface area (Å²) in [5, 5.41) is 0. The quantitative estimate of drug-likeness (QED) is 0.681. The molecule has 2 heterocycles. The van der Waals surface area contributed by atoms with Gasteiger partial charge in [0.15, 0.2) is 0 Å². The minimum absolute atomic E-state index is 0.0624. The Kier molecular flexibility index (Phi) is 6.93. The summed E-state index contributed by atoms with van der Waals surface area (Å²) >= 11 is 0. The number of amides is 1. The fourth-order valence-electron chi connectivity index (χ4n) is 4.70. The summed E-state index contributed by atoms with van der Waals surface area (Å²) in [6.07, 6.45) is 6.48. The van der Waals surface area contributed by atoms with Crippen molar-refractivity contribution in [3.63, 3.8) is 0 Å². The van der Waals surface area contributed by atoms with E-state index in [-0.39, 0.29) is 29.1 Å². The van der Waals surface area contributed by atoms with Gasteiger partial charge in [-0.25, -0.2) is 13.4 Å². The number of hydrogen-bond acceptors (Lipinski definition) is 5. The molecule has 1 amide bonds. The molecule has 1 aromatic heterocycles. The van der Waals surface area contributed by atoms with Gasteiger partial charge in [-0.2, -0.15) is 4.31 Å². The Bertz CT molecular complexity index is 1030. The van der Waals surface area contributed by atoms with Crippen molar-refractivity contribution in [1.29, 1.82) is 0 Å². The number of ether oxygens (including phenoxy) is 1. The molecule has 2 aliphatic rings. The third kappa shape index (κ3) is 4.87. The van der Waals surface area contributed by atoms with E-state index in [1.165, 1.54) is 16.8 Å². The number of morpholine rings is 1. The van der Waals surface area contributed by atoms with Crippen molar-refractivity contribution in [2.45, 2.75) is 69.1 Å². The van der Waals surface area contributed by atoms with Gasteiger partial charge < -0.3 is 4.74 Å². The zero-order chi connectivity index (χ0) is 22.7. The molecule has 2 atom stereocenters. The first kappa shape index (κ1) is 22.9. The summed E-state index contributed by atoms with van der Waals surface area (Å²) in [5.74, 6) is 0.393. The highest BCUT2D eigenvalue weighted by molar-refractivity contribution is 7.89. The number of carbonyl (C=O) groups excluding carboxylic acids is 1. The number of benzene rings is 1. The van der Waals surface area contributed by atoms with Crippen molar-refractivity contribution >= 4 is 21.7 Å². The molecule has 4 rings (SSSR count). The number of pyridine rings is 1. The van der Waals surface area contributed by atoms with Crippen LogP contribution in [0.15, 0.2) is 53.6 Å². The Morgan fingerprint density at radius 3 is 2.41 bits per heavy atom. The maximum atomic E-state index is 13.7. The molecule has 32 heavy (non-hydrogen) atoms. The molecule has 0 unspecified atom stereocenters. The molecule has 8 heteroatoms. The van der Waals surface area contributed by atoms with E-state index >= 15 is 0 Å². The Morgan fingerprint density at radius 1 is 1.03 bits per heavy atom. The van der Waals surface area contributed by atoms with Crippen LogP contribution in [-0.2, 0) is 14.8 Å². The third-order valence-corrected chi connectivity index (χ3v) is 7.99. The number of rotatable bonds is 5. The first-order valence-corrected chi connectivity index (χ1v) is 12.8. The van der Waals surface area contributed by atoms with Gasteiger partial charge in [0.2, 0.25) is 10.0 Å². The van der Waals surface area contributed by atoms with Gasteiger partial charge in [0.1, 0.15) is 5.82 Å². The fraction of sp³-hybridized carbons (Fsp3) is 0.500. The molecule has 0 radical (unpaired) electrons. The van der Waals surface area contributed by atoms with Crippen LogP contribution in [0.5, 0.6) is 0 Å². The monoisotopic (exact) mass is 457 g/mol. The molecule has 1 saturated heterocycles. The van der Waals surface area contributed by atoms with Crippen molar-refractivity contribution in [2.24, 2.45) is 0 Å². The molecule has 7 nitrogen and oxygen atoms in total. The summed E-state index contributed by atoms with van der Waals surface area (Å²) in [6, 6.07) is 12.0. The Morgan fingerprint density at radius 2 is 1.75 bits per heavy atom. The second-order valence-corrected chi connectivity index (χ2v) is 10.7. The van der Waals surface area contributed by atoms with Gasteiger partial charge in [-0.1, -0.05) is 31.4 Å². The topological polar surface area (TPSA) is 79.8 Å². The predicted octanol–water partition coefficient (Wildman–Crippen LogP) is 3.86. The molecule has 172 valence electrons. The molecule has 1 aromatic carbocycles. The Labute approximate surface area is 190 Å². The van der Waals surface area contributed by atoms with E-state index in [1.54, 1.807) is 29.3 Å². The smallest absolute Gasteiger partial charge is 0.259 e. The maximum Gasteiger partial charge on any atom is 0.259 e. The molecule has 1 aliphatic heterocycles. The lowest BCUT2D eigenvalue weighted by Crippen LogP contribution is -2.48. The number of carbonyl (C=O) groups is 1. The molecule has 2 fully saturated rings. The highest BCUT2D eigenvalue weighted by atomic mass is 32.2. The van der Waals surface area contributed by atoms with Crippen molar-refractivity contribution < 1.29 is 17.9 Å². The van der Waals surface area contributed by atoms with Crippen molar-refractivity contribution in [1.82, 2.24) is 9.29 Å². The lowest BCUT2D eigenvalue weighted by molar-refractivity contribution is -0.0440. The largest absolute Gasteiger partial charge is 0.373 e. The number of hydrogen-bond donors (Lipinski definition) is 0. The van der Waals surface area contributed by atoms with Crippen LogP contribution in [-0.4, -0.2) is 55.0 Å². The molecule has 0 bridgehead atoms. The molecule has 1 saturated carbocycles. The molecular weight excluding hydrogens is 426 g/mol. The predicted molar refractivity (Wildman–Crippen MR) is 123 cm³/mol. The first-order chi connectivity index (χ1) is 15.4. The molecule has 1 aliphatic carbocycles. The number of nitrogens with zero attached hydrogens (tertiary/aromatic N) is 3. The number of sulfonamides is 1. The van der Waals surface area contributed by atoms with E-state index in [1.807, 2.05) is 32.0 Å². The highest BCUT2D eigenvalue weighted by Gasteiger charge is 2.33. The van der Waals surface area contributed by atoms with Gasteiger partial charge in [0, 0.05) is 30.9 Å². The van der Waals surface area contributed by atoms with E-state index in [0.717, 1.165) is 25.7 Å². The van der Waals surface area contributed by atoms with Crippen LogP contribution in [0.3, 0.4) is 0 Å². The maximum absolute atomic E-state index is 13.7. The minimum Gasteiger partial charge on any atom is -0.373 e. The molecule has 2 aromatic rings. The Hall–Kier alpha value is -2.29. The van der Waals surface area contributed by atoms with Crippen LogP contribution in [0.4, 0.5) is 5.82 Å². The van der Waals surface area contributed by atoms with Crippen LogP contribution in [0.1, 0.15) is 56.3 Å². The van der Waals surface area contributed by atoms with Gasteiger partial charge in [-0.05, 0) is 57.0 Å². The average molecular weight is 458 g/mol. The van der Waals surface area contributed by atoms with Crippen LogP contribution in [0.25, 0.3) is 0 Å². The SMILES string of the molecule is C[C@H]1CN(S(=O)(=O)c2cccc(C(=O)N(c3ccccn3)C3CCCCC3)c2)C[C@H](C)O1. The molecular formula is C24H31N3O4S. The normalized spacial score (nSPS) is 23.1. The number of anilines is 1. The lowest BCUT2D eigenvalue weighted by Gasteiger charge is -2.35. The van der Waals surface area contributed by atoms with Crippen molar-refractivity contribution in [3.05, 3.63) is 54.2 Å². The third-order valence-electron chi connectivity index (χ3n) is 6.16. The van der Waals surface area contributed by atoms with E-state index in [2.05, 4.69) is 4.98 Å². The van der Waals surface area contributed by atoms with Crippen LogP contribution < -0.4 is 4.90 Å². The fourth-order valence-corrected chi connectivity index (χ4v) is 6.33. The van der Waals surface area contributed by atoms with Gasteiger partial charge in [-0.3, -0.25) is 9.69 Å². The van der Waals surface area contributed by atoms with Gasteiger partial charge in [0.25, 0.3) is 5.91 Å². The second kappa shape index (κ2) is 9.68. The van der Waals surface area contributed by atoms with Crippen LogP contribution in [0, 0.1) is 0 Å². The summed E-state index contributed by atoms with van der Waals surface area (Å²) in [6.45, 7) is 4.33. The van der Waals surface area contributed by atoms with Crippen LogP contribution in [0.2, 0.25) is 0 Å². The van der Waals surface area contributed by atoms with Gasteiger partial charge >= 0.3 is 0 Å². The first-order valence-electron chi connectivity index (χ1n) is 11.4. The minimum atomic E-state index is -3.73. The average Bonchev–Trinajstić information content (AvgIpc) is 2.80. The highest BCUT2D eigenvalue weighted by Crippen LogP contribution is 2.29. The standard InChI is InChI=1S/C24H31N3O4S/c1-18-16-26(17-19(2)31-18)32(29,30)22-12-8-9-20(15-22)24(28)27(21-10-4-3-5-11-21)23-13-6-7-14-25-23/h6-9,12-15,18-19,21H,3-5,10-11,16-17H2,1-2H3/t18-,19-/m0/s1.